The molecule has 0 radical (unpaired) electrons. The van der Waals surface area contributed by atoms with Crippen LogP contribution in [0.4, 0.5) is 5.69 Å². The number of hydrogen-bond acceptors (Lipinski definition) is 3. The molecular formula is C23H28BrN3O2. The molecule has 0 spiro atoms. The Morgan fingerprint density at radius 1 is 1.10 bits per heavy atom. The zero-order valence-electron chi connectivity index (χ0n) is 17.0. The maximum atomic E-state index is 12.6. The second-order valence-electron chi connectivity index (χ2n) is 7.35. The molecule has 2 aromatic carbocycles. The average Bonchev–Trinajstić information content (AvgIpc) is 3.13. The topological polar surface area (TPSA) is 52.7 Å². The third-order valence-electron chi connectivity index (χ3n) is 5.43. The second-order valence-corrected chi connectivity index (χ2v) is 8.21. The first-order valence-corrected chi connectivity index (χ1v) is 10.9. The van der Waals surface area contributed by atoms with Crippen LogP contribution < -0.4 is 10.2 Å². The number of carbonyl (C=O) groups is 2. The van der Waals surface area contributed by atoms with Crippen molar-refractivity contribution in [1.82, 2.24) is 10.2 Å². The van der Waals surface area contributed by atoms with Crippen LogP contribution in [0.2, 0.25) is 0 Å². The van der Waals surface area contributed by atoms with Crippen LogP contribution in [0.1, 0.15) is 31.4 Å². The minimum absolute atomic E-state index is 0.0159. The fourth-order valence-corrected chi connectivity index (χ4v) is 4.09. The van der Waals surface area contributed by atoms with Crippen molar-refractivity contribution in [1.29, 1.82) is 0 Å². The van der Waals surface area contributed by atoms with Gasteiger partial charge in [0.2, 0.25) is 11.8 Å². The maximum Gasteiger partial charge on any atom is 0.227 e. The molecule has 1 atom stereocenters. The molecule has 1 heterocycles. The van der Waals surface area contributed by atoms with Gasteiger partial charge in [-0.3, -0.25) is 14.5 Å². The summed E-state index contributed by atoms with van der Waals surface area (Å²) < 4.78 is 0.860. The van der Waals surface area contributed by atoms with Crippen molar-refractivity contribution in [2.45, 2.75) is 33.4 Å². The molecule has 154 valence electrons. The van der Waals surface area contributed by atoms with Crippen molar-refractivity contribution in [3.63, 3.8) is 0 Å². The van der Waals surface area contributed by atoms with Crippen LogP contribution >= 0.6 is 15.9 Å². The van der Waals surface area contributed by atoms with Crippen LogP contribution in [0.3, 0.4) is 0 Å². The highest BCUT2D eigenvalue weighted by molar-refractivity contribution is 9.10. The van der Waals surface area contributed by atoms with E-state index in [4.69, 9.17) is 0 Å². The van der Waals surface area contributed by atoms with Gasteiger partial charge in [0.05, 0.1) is 11.6 Å². The van der Waals surface area contributed by atoms with E-state index in [1.807, 2.05) is 24.3 Å². The minimum atomic E-state index is -0.323. The lowest BCUT2D eigenvalue weighted by atomic mass is 10.1. The van der Waals surface area contributed by atoms with E-state index in [-0.39, 0.29) is 24.2 Å². The number of nitrogens with zero attached hydrogens (tertiary/aromatic N) is 2. The Morgan fingerprint density at radius 3 is 2.41 bits per heavy atom. The van der Waals surface area contributed by atoms with Gasteiger partial charge < -0.3 is 10.2 Å². The Morgan fingerprint density at radius 2 is 1.76 bits per heavy atom. The van der Waals surface area contributed by atoms with Crippen molar-refractivity contribution in [3.05, 3.63) is 64.1 Å². The van der Waals surface area contributed by atoms with E-state index < -0.39 is 0 Å². The summed E-state index contributed by atoms with van der Waals surface area (Å²) in [5.41, 5.74) is 3.15. The predicted octanol–water partition coefficient (Wildman–Crippen LogP) is 3.96. The normalized spacial score (nSPS) is 16.5. The van der Waals surface area contributed by atoms with Gasteiger partial charge in [-0.25, -0.2) is 0 Å². The Kier molecular flexibility index (Phi) is 7.45. The maximum absolute atomic E-state index is 12.6. The number of benzene rings is 2. The van der Waals surface area contributed by atoms with Crippen LogP contribution in [-0.2, 0) is 22.7 Å². The lowest BCUT2D eigenvalue weighted by Gasteiger charge is -2.18. The SMILES string of the molecule is CCN(CC)Cc1ccc(CNC(=O)C2CC(=O)N(c3ccccc3Br)C2)cc1. The van der Waals surface area contributed by atoms with Gasteiger partial charge in [-0.15, -0.1) is 0 Å². The van der Waals surface area contributed by atoms with E-state index >= 15 is 0 Å². The number of amides is 2. The molecule has 1 saturated heterocycles. The van der Waals surface area contributed by atoms with E-state index in [2.05, 4.69) is 64.3 Å². The fourth-order valence-electron chi connectivity index (χ4n) is 3.59. The monoisotopic (exact) mass is 457 g/mol. The molecule has 2 aromatic rings. The summed E-state index contributed by atoms with van der Waals surface area (Å²) in [5.74, 6) is -0.408. The van der Waals surface area contributed by atoms with E-state index in [0.29, 0.717) is 13.1 Å². The quantitative estimate of drug-likeness (QED) is 0.652. The summed E-state index contributed by atoms with van der Waals surface area (Å²) in [6, 6.07) is 16.0. The molecule has 1 N–H and O–H groups in total. The number of para-hydroxylation sites is 1. The summed E-state index contributed by atoms with van der Waals surface area (Å²) in [4.78, 5) is 29.1. The number of hydrogen-bond donors (Lipinski definition) is 1. The zero-order chi connectivity index (χ0) is 20.8. The molecule has 5 nitrogen and oxygen atoms in total. The van der Waals surface area contributed by atoms with Gasteiger partial charge in [-0.05, 0) is 52.3 Å². The Hall–Kier alpha value is -2.18. The van der Waals surface area contributed by atoms with Gasteiger partial charge in [0.25, 0.3) is 0 Å². The largest absolute Gasteiger partial charge is 0.352 e. The lowest BCUT2D eigenvalue weighted by Crippen LogP contribution is -2.32. The minimum Gasteiger partial charge on any atom is -0.352 e. The fraction of sp³-hybridized carbons (Fsp3) is 0.391. The van der Waals surface area contributed by atoms with Crippen molar-refractivity contribution < 1.29 is 9.59 Å². The molecule has 2 amide bonds. The number of rotatable bonds is 8. The first kappa shape index (κ1) is 21.5. The first-order chi connectivity index (χ1) is 14.0. The van der Waals surface area contributed by atoms with Crippen LogP contribution in [0.5, 0.6) is 0 Å². The van der Waals surface area contributed by atoms with Crippen molar-refractivity contribution in [2.75, 3.05) is 24.5 Å². The highest BCUT2D eigenvalue weighted by Crippen LogP contribution is 2.31. The zero-order valence-corrected chi connectivity index (χ0v) is 18.6. The Labute approximate surface area is 181 Å². The third-order valence-corrected chi connectivity index (χ3v) is 6.10. The molecule has 0 aliphatic carbocycles. The summed E-state index contributed by atoms with van der Waals surface area (Å²) >= 11 is 3.48. The van der Waals surface area contributed by atoms with Crippen LogP contribution in [0.25, 0.3) is 0 Å². The molecule has 0 saturated carbocycles. The lowest BCUT2D eigenvalue weighted by molar-refractivity contribution is -0.126. The molecule has 0 bridgehead atoms. The molecule has 1 unspecified atom stereocenters. The molecule has 6 heteroatoms. The van der Waals surface area contributed by atoms with E-state index in [0.717, 1.165) is 35.4 Å². The van der Waals surface area contributed by atoms with Gasteiger partial charge in [0.15, 0.2) is 0 Å². The van der Waals surface area contributed by atoms with Crippen molar-refractivity contribution in [3.8, 4) is 0 Å². The number of anilines is 1. The molecule has 29 heavy (non-hydrogen) atoms. The summed E-state index contributed by atoms with van der Waals surface area (Å²) in [6.07, 6.45) is 0.246. The summed E-state index contributed by atoms with van der Waals surface area (Å²) in [7, 11) is 0. The van der Waals surface area contributed by atoms with Crippen LogP contribution in [0, 0.1) is 5.92 Å². The van der Waals surface area contributed by atoms with Crippen LogP contribution in [-0.4, -0.2) is 36.3 Å². The molecule has 1 aliphatic heterocycles. The van der Waals surface area contributed by atoms with Crippen LogP contribution in [0.15, 0.2) is 53.0 Å². The summed E-state index contributed by atoms with van der Waals surface area (Å²) in [5, 5.41) is 2.99. The van der Waals surface area contributed by atoms with E-state index in [1.165, 1.54) is 5.56 Å². The molecule has 1 aliphatic rings. The number of nitrogens with one attached hydrogen (secondary N) is 1. The predicted molar refractivity (Wildman–Crippen MR) is 120 cm³/mol. The Balaban J connectivity index is 1.53. The molecule has 3 rings (SSSR count). The van der Waals surface area contributed by atoms with Crippen molar-refractivity contribution in [2.24, 2.45) is 5.92 Å². The standard InChI is InChI=1S/C23H28BrN3O2/c1-3-26(4-2)15-18-11-9-17(10-12-18)14-25-23(29)19-13-22(28)27(16-19)21-8-6-5-7-20(21)24/h5-12,19H,3-4,13-16H2,1-2H3,(H,25,29). The molecular weight excluding hydrogens is 430 g/mol. The average molecular weight is 458 g/mol. The van der Waals surface area contributed by atoms with Gasteiger partial charge in [-0.2, -0.15) is 0 Å². The Bertz CT molecular complexity index is 849. The van der Waals surface area contributed by atoms with E-state index in [1.54, 1.807) is 4.90 Å². The highest BCUT2D eigenvalue weighted by Gasteiger charge is 2.35. The smallest absolute Gasteiger partial charge is 0.227 e. The van der Waals surface area contributed by atoms with Gasteiger partial charge in [0.1, 0.15) is 0 Å². The molecule has 1 fully saturated rings. The van der Waals surface area contributed by atoms with E-state index in [9.17, 15) is 9.59 Å². The van der Waals surface area contributed by atoms with Crippen molar-refractivity contribution >= 4 is 33.4 Å². The number of halogens is 1. The number of carbonyl (C=O) groups excluding carboxylic acids is 2. The van der Waals surface area contributed by atoms with Gasteiger partial charge >= 0.3 is 0 Å². The third kappa shape index (κ3) is 5.46. The van der Waals surface area contributed by atoms with Gasteiger partial charge in [-0.1, -0.05) is 50.2 Å². The highest BCUT2D eigenvalue weighted by atomic mass is 79.9. The first-order valence-electron chi connectivity index (χ1n) is 10.1. The van der Waals surface area contributed by atoms with Gasteiger partial charge in [0, 0.05) is 30.5 Å². The summed E-state index contributed by atoms with van der Waals surface area (Å²) in [6.45, 7) is 8.22. The second kappa shape index (κ2) is 10.0. The molecule has 0 aromatic heterocycles.